The maximum Gasteiger partial charge on any atom is 0.476 e. The number of rotatable bonds is 4. The lowest BCUT2D eigenvalue weighted by Crippen LogP contribution is -2.46. The Kier molecular flexibility index (Phi) is 4.65. The van der Waals surface area contributed by atoms with Crippen molar-refractivity contribution in [2.75, 3.05) is 0 Å². The smallest absolute Gasteiger partial charge is 0.413 e. The van der Waals surface area contributed by atoms with Gasteiger partial charge in [-0.3, -0.25) is 0 Å². The number of hydrogen-bond acceptors (Lipinski definition) is 5. The third kappa shape index (κ3) is 6.83. The minimum atomic E-state index is -3.21. The van der Waals surface area contributed by atoms with E-state index < -0.39 is 27.4 Å². The van der Waals surface area contributed by atoms with Crippen LogP contribution in [0.2, 0.25) is 19.6 Å². The summed E-state index contributed by atoms with van der Waals surface area (Å²) in [6, 6.07) is 0. The summed E-state index contributed by atoms with van der Waals surface area (Å²) in [5.41, 5.74) is 0. The molecule has 11 heavy (non-hydrogen) atoms. The van der Waals surface area contributed by atoms with Crippen LogP contribution in [0.4, 0.5) is 0 Å². The average Bonchev–Trinajstić information content (AvgIpc) is 1.53. The summed E-state index contributed by atoms with van der Waals surface area (Å²) in [4.78, 5) is 27.0. The van der Waals surface area contributed by atoms with Gasteiger partial charge in [0.05, 0.1) is 0 Å². The molecule has 68 valence electrons. The minimum Gasteiger partial charge on any atom is -0.413 e. The van der Waals surface area contributed by atoms with E-state index in [-0.39, 0.29) is 0 Å². The molecule has 3 N–H and O–H groups in total. The predicted octanol–water partition coefficient (Wildman–Crippen LogP) is -1.73. The molecule has 2 atom stereocenters. The zero-order valence-electron chi connectivity index (χ0n) is 6.81. The van der Waals surface area contributed by atoms with Gasteiger partial charge in [-0.05, 0) is 13.1 Å². The second-order valence-corrected chi connectivity index (χ2v) is 8.41. The molecule has 0 radical (unpaired) electrons. The van der Waals surface area contributed by atoms with Gasteiger partial charge in [-0.25, -0.2) is 0 Å². The Balaban J connectivity index is 3.79. The standard InChI is InChI=1S/C3H14O5Si3/c1-9(4)7-11(3,6)8-10(2)5/h4-6,9-10H,1-3H3. The van der Waals surface area contributed by atoms with Gasteiger partial charge in [0.15, 0.2) is 0 Å². The maximum absolute atomic E-state index is 9.30. The van der Waals surface area contributed by atoms with Crippen LogP contribution in [-0.2, 0) is 8.23 Å². The van der Waals surface area contributed by atoms with Crippen LogP contribution in [0.3, 0.4) is 0 Å². The molecule has 2 unspecified atom stereocenters. The fraction of sp³-hybridized carbons (Fsp3) is 1.00. The fourth-order valence-corrected chi connectivity index (χ4v) is 6.45. The zero-order chi connectivity index (χ0) is 9.07. The van der Waals surface area contributed by atoms with Crippen molar-refractivity contribution in [1.82, 2.24) is 0 Å². The Labute approximate surface area is 70.3 Å². The molecule has 0 rings (SSSR count). The Hall–Kier alpha value is 0.451. The van der Waals surface area contributed by atoms with E-state index in [9.17, 15) is 4.80 Å². The van der Waals surface area contributed by atoms with Crippen molar-refractivity contribution in [3.63, 3.8) is 0 Å². The largest absolute Gasteiger partial charge is 0.476 e. The molecule has 0 aliphatic rings. The van der Waals surface area contributed by atoms with Gasteiger partial charge in [0, 0.05) is 6.55 Å². The molecule has 0 saturated carbocycles. The van der Waals surface area contributed by atoms with Gasteiger partial charge in [-0.1, -0.05) is 0 Å². The molecule has 0 fully saturated rings. The van der Waals surface area contributed by atoms with Gasteiger partial charge in [-0.15, -0.1) is 0 Å². The van der Waals surface area contributed by atoms with Crippen LogP contribution in [0.15, 0.2) is 0 Å². The first-order chi connectivity index (χ1) is 4.83. The van der Waals surface area contributed by atoms with E-state index >= 15 is 0 Å². The highest BCUT2D eigenvalue weighted by Gasteiger charge is 2.33. The molecule has 0 saturated heterocycles. The first-order valence-corrected chi connectivity index (χ1v) is 9.82. The predicted molar refractivity (Wildman–Crippen MR) is 46.5 cm³/mol. The van der Waals surface area contributed by atoms with Crippen LogP contribution >= 0.6 is 0 Å². The molecule has 8 heteroatoms. The molecule has 0 aliphatic carbocycles. The minimum absolute atomic E-state index is 1.38. The van der Waals surface area contributed by atoms with Crippen molar-refractivity contribution in [1.29, 1.82) is 0 Å². The number of hydrogen-bond donors (Lipinski definition) is 3. The van der Waals surface area contributed by atoms with Gasteiger partial charge in [0.2, 0.25) is 0 Å². The summed E-state index contributed by atoms with van der Waals surface area (Å²) < 4.78 is 9.58. The van der Waals surface area contributed by atoms with Crippen LogP contribution in [0.25, 0.3) is 0 Å². The van der Waals surface area contributed by atoms with E-state index in [4.69, 9.17) is 17.8 Å². The van der Waals surface area contributed by atoms with E-state index in [2.05, 4.69) is 0 Å². The van der Waals surface area contributed by atoms with Crippen molar-refractivity contribution in [3.8, 4) is 0 Å². The van der Waals surface area contributed by atoms with E-state index in [0.29, 0.717) is 0 Å². The highest BCUT2D eigenvalue weighted by atomic mass is 28.5. The van der Waals surface area contributed by atoms with Crippen LogP contribution < -0.4 is 0 Å². The highest BCUT2D eigenvalue weighted by molar-refractivity contribution is 6.71. The molecule has 0 bridgehead atoms. The van der Waals surface area contributed by atoms with Crippen LogP contribution in [0.1, 0.15) is 0 Å². The van der Waals surface area contributed by atoms with Crippen molar-refractivity contribution >= 4 is 27.4 Å². The second-order valence-electron chi connectivity index (χ2n) is 2.33. The van der Waals surface area contributed by atoms with Crippen molar-refractivity contribution in [3.05, 3.63) is 0 Å². The van der Waals surface area contributed by atoms with Gasteiger partial charge < -0.3 is 22.6 Å². The van der Waals surface area contributed by atoms with E-state index in [1.807, 2.05) is 0 Å². The highest BCUT2D eigenvalue weighted by Crippen LogP contribution is 2.04. The Morgan fingerprint density at radius 1 is 1.09 bits per heavy atom. The molecule has 0 aliphatic heterocycles. The zero-order valence-corrected chi connectivity index (χ0v) is 10.1. The average molecular weight is 214 g/mol. The van der Waals surface area contributed by atoms with E-state index in [1.165, 1.54) is 19.6 Å². The lowest BCUT2D eigenvalue weighted by Gasteiger charge is -2.22. The first kappa shape index (κ1) is 11.5. The molecular weight excluding hydrogens is 200 g/mol. The topological polar surface area (TPSA) is 79.2 Å². The van der Waals surface area contributed by atoms with Gasteiger partial charge in [-0.2, -0.15) is 0 Å². The van der Waals surface area contributed by atoms with Crippen molar-refractivity contribution in [2.24, 2.45) is 0 Å². The van der Waals surface area contributed by atoms with Crippen LogP contribution in [0, 0.1) is 0 Å². The molecule has 0 aromatic rings. The first-order valence-electron chi connectivity index (χ1n) is 3.27. The summed E-state index contributed by atoms with van der Waals surface area (Å²) >= 11 is 0. The third-order valence-electron chi connectivity index (χ3n) is 0.778. The Morgan fingerprint density at radius 3 is 1.55 bits per heavy atom. The molecule has 0 aromatic carbocycles. The Morgan fingerprint density at radius 2 is 1.36 bits per heavy atom. The summed E-state index contributed by atoms with van der Waals surface area (Å²) in [7, 11) is -7.72. The van der Waals surface area contributed by atoms with Gasteiger partial charge >= 0.3 is 27.4 Å². The normalized spacial score (nSPS) is 22.4. The molecule has 0 spiro atoms. The van der Waals surface area contributed by atoms with Crippen LogP contribution in [0.5, 0.6) is 0 Å². The molecule has 0 amide bonds. The van der Waals surface area contributed by atoms with Gasteiger partial charge in [0.1, 0.15) is 0 Å². The fourth-order valence-electron chi connectivity index (χ4n) is 0.661. The summed E-state index contributed by atoms with van der Waals surface area (Å²) in [5, 5.41) is 0. The quantitative estimate of drug-likeness (QED) is 0.485. The SMILES string of the molecule is C[SiH](O)O[Si](C)(O)O[SiH](C)O. The Bertz CT molecular complexity index is 104. The molecule has 0 aromatic heterocycles. The summed E-state index contributed by atoms with van der Waals surface area (Å²) in [5.74, 6) is 0. The lowest BCUT2D eigenvalue weighted by molar-refractivity contribution is 0.224. The third-order valence-corrected chi connectivity index (χ3v) is 7.01. The van der Waals surface area contributed by atoms with Crippen molar-refractivity contribution in [2.45, 2.75) is 19.6 Å². The maximum atomic E-state index is 9.30. The summed E-state index contributed by atoms with van der Waals surface area (Å²) in [6.45, 7) is 4.40. The monoisotopic (exact) mass is 214 g/mol. The lowest BCUT2D eigenvalue weighted by atomic mass is 11.9. The second kappa shape index (κ2) is 4.47. The van der Waals surface area contributed by atoms with Gasteiger partial charge in [0.25, 0.3) is 0 Å². The van der Waals surface area contributed by atoms with Crippen LogP contribution in [-0.4, -0.2) is 41.8 Å². The molecule has 5 nitrogen and oxygen atoms in total. The summed E-state index contributed by atoms with van der Waals surface area (Å²) in [6.07, 6.45) is 0. The van der Waals surface area contributed by atoms with E-state index in [1.54, 1.807) is 0 Å². The van der Waals surface area contributed by atoms with E-state index in [0.717, 1.165) is 0 Å². The molecular formula is C3H14O5Si3. The van der Waals surface area contributed by atoms with Crippen molar-refractivity contribution < 1.29 is 22.6 Å². The molecule has 0 heterocycles.